The van der Waals surface area contributed by atoms with E-state index in [4.69, 9.17) is 23.7 Å². The van der Waals surface area contributed by atoms with Gasteiger partial charge in [0.15, 0.2) is 0 Å². The van der Waals surface area contributed by atoms with Crippen LogP contribution in [-0.2, 0) is 16.0 Å². The number of ether oxygens (including phenoxy) is 3. The van der Waals surface area contributed by atoms with Crippen LogP contribution in [0.1, 0.15) is 12.0 Å². The number of aliphatic carboxylic acids is 1. The van der Waals surface area contributed by atoms with Crippen molar-refractivity contribution >= 4 is 16.9 Å². The summed E-state index contributed by atoms with van der Waals surface area (Å²) in [5, 5.41) is 49.0. The third-order valence-electron chi connectivity index (χ3n) is 4.66. The van der Waals surface area contributed by atoms with Crippen molar-refractivity contribution in [1.82, 2.24) is 0 Å². The molecule has 0 amide bonds. The third kappa shape index (κ3) is 3.77. The highest BCUT2D eigenvalue weighted by Crippen LogP contribution is 2.40. The standard InChI is InChI=1S/C18H22O10/c1-25-10-6-11-9(4-5-26-11)17(8(10)2-3-13(20)21)28-18-16(24)15(23)14(22)12(7-19)27-18/h4-6,12,14-16,18-19,22-24H,2-3,7H2,1H3,(H,20,21)/t12-,14-,15+,16-,18-/m1/s1. The number of carboxylic acids is 1. The molecule has 1 aromatic heterocycles. The maximum absolute atomic E-state index is 11.0. The Bertz CT molecular complexity index is 829. The molecule has 1 saturated heterocycles. The zero-order valence-corrected chi connectivity index (χ0v) is 15.0. The van der Waals surface area contributed by atoms with Gasteiger partial charge in [0, 0.05) is 18.1 Å². The van der Waals surface area contributed by atoms with Gasteiger partial charge in [-0.15, -0.1) is 0 Å². The van der Waals surface area contributed by atoms with E-state index in [0.717, 1.165) is 0 Å². The van der Waals surface area contributed by atoms with Crippen molar-refractivity contribution in [2.45, 2.75) is 43.5 Å². The summed E-state index contributed by atoms with van der Waals surface area (Å²) in [5.41, 5.74) is 0.811. The highest BCUT2D eigenvalue weighted by atomic mass is 16.7. The second kappa shape index (κ2) is 8.33. The van der Waals surface area contributed by atoms with Crippen LogP contribution in [0.5, 0.6) is 11.5 Å². The molecule has 0 radical (unpaired) electrons. The molecule has 2 heterocycles. The number of fused-ring (bicyclic) bond motifs is 1. The second-order valence-electron chi connectivity index (χ2n) is 6.43. The van der Waals surface area contributed by atoms with Crippen molar-refractivity contribution in [2.24, 2.45) is 0 Å². The fraction of sp³-hybridized carbons (Fsp3) is 0.500. The molecular weight excluding hydrogens is 376 g/mol. The molecule has 0 unspecified atom stereocenters. The van der Waals surface area contributed by atoms with E-state index >= 15 is 0 Å². The number of hydrogen-bond donors (Lipinski definition) is 5. The van der Waals surface area contributed by atoms with E-state index in [1.165, 1.54) is 13.4 Å². The average molecular weight is 398 g/mol. The summed E-state index contributed by atoms with van der Waals surface area (Å²) in [6, 6.07) is 3.19. The topological polar surface area (TPSA) is 159 Å². The number of aliphatic hydroxyl groups is 4. The number of carboxylic acid groups (broad SMARTS) is 1. The highest BCUT2D eigenvalue weighted by molar-refractivity contribution is 5.88. The quantitative estimate of drug-likeness (QED) is 0.417. The minimum absolute atomic E-state index is 0.0619. The number of rotatable bonds is 7. The van der Waals surface area contributed by atoms with Crippen LogP contribution in [0.15, 0.2) is 22.8 Å². The van der Waals surface area contributed by atoms with Gasteiger partial charge in [0.25, 0.3) is 0 Å². The summed E-state index contributed by atoms with van der Waals surface area (Å²) in [4.78, 5) is 11.0. The summed E-state index contributed by atoms with van der Waals surface area (Å²) < 4.78 is 21.9. The number of benzene rings is 1. The SMILES string of the molecule is COc1cc2occc2c(O[C@H]2O[C@H](CO)[C@@H](O)[C@H](O)[C@H]2O)c1CCC(=O)O. The van der Waals surface area contributed by atoms with Gasteiger partial charge in [-0.25, -0.2) is 0 Å². The molecule has 154 valence electrons. The summed E-state index contributed by atoms with van der Waals surface area (Å²) in [5.74, 6) is -0.537. The Hall–Kier alpha value is -2.37. The Morgan fingerprint density at radius 3 is 2.61 bits per heavy atom. The Morgan fingerprint density at radius 1 is 1.21 bits per heavy atom. The summed E-state index contributed by atoms with van der Waals surface area (Å²) in [7, 11) is 1.41. The van der Waals surface area contributed by atoms with Crippen LogP contribution in [0.3, 0.4) is 0 Å². The minimum atomic E-state index is -1.61. The van der Waals surface area contributed by atoms with Crippen LogP contribution < -0.4 is 9.47 Å². The zero-order chi connectivity index (χ0) is 20.4. The van der Waals surface area contributed by atoms with Gasteiger partial charge in [0.1, 0.15) is 41.5 Å². The molecule has 5 atom stereocenters. The largest absolute Gasteiger partial charge is 0.496 e. The molecule has 0 bridgehead atoms. The number of hydrogen-bond acceptors (Lipinski definition) is 9. The number of methoxy groups -OCH3 is 1. The lowest BCUT2D eigenvalue weighted by Crippen LogP contribution is -2.60. The highest BCUT2D eigenvalue weighted by Gasteiger charge is 2.45. The predicted octanol–water partition coefficient (Wildman–Crippen LogP) is -0.363. The molecule has 1 fully saturated rings. The third-order valence-corrected chi connectivity index (χ3v) is 4.66. The van der Waals surface area contributed by atoms with Crippen LogP contribution in [0, 0.1) is 0 Å². The molecule has 3 rings (SSSR count). The Labute approximate surface area is 159 Å². The van der Waals surface area contributed by atoms with E-state index in [9.17, 15) is 25.2 Å². The molecule has 0 aliphatic carbocycles. The molecule has 0 saturated carbocycles. The number of furan rings is 1. The van der Waals surface area contributed by atoms with Gasteiger partial charge in [-0.05, 0) is 12.5 Å². The first-order chi connectivity index (χ1) is 13.4. The fourth-order valence-electron chi connectivity index (χ4n) is 3.17. The van der Waals surface area contributed by atoms with E-state index in [1.54, 1.807) is 12.1 Å². The van der Waals surface area contributed by atoms with E-state index in [2.05, 4.69) is 0 Å². The van der Waals surface area contributed by atoms with Crippen molar-refractivity contribution in [3.63, 3.8) is 0 Å². The zero-order valence-electron chi connectivity index (χ0n) is 15.0. The Morgan fingerprint density at radius 2 is 1.96 bits per heavy atom. The second-order valence-corrected chi connectivity index (χ2v) is 6.43. The van der Waals surface area contributed by atoms with Crippen molar-refractivity contribution in [3.8, 4) is 11.5 Å². The maximum atomic E-state index is 11.0. The summed E-state index contributed by atoms with van der Waals surface area (Å²) >= 11 is 0. The fourth-order valence-corrected chi connectivity index (χ4v) is 3.17. The first-order valence-electron chi connectivity index (χ1n) is 8.63. The van der Waals surface area contributed by atoms with Crippen LogP contribution in [0.25, 0.3) is 11.0 Å². The lowest BCUT2D eigenvalue weighted by Gasteiger charge is -2.39. The molecule has 10 heteroatoms. The lowest BCUT2D eigenvalue weighted by atomic mass is 9.99. The molecule has 5 N–H and O–H groups in total. The predicted molar refractivity (Wildman–Crippen MR) is 93.1 cm³/mol. The van der Waals surface area contributed by atoms with Gasteiger partial charge in [-0.3, -0.25) is 4.79 Å². The van der Waals surface area contributed by atoms with Crippen LogP contribution in [-0.4, -0.2) is 75.9 Å². The molecule has 1 aliphatic heterocycles. The summed E-state index contributed by atoms with van der Waals surface area (Å²) in [6.45, 7) is -0.601. The molecular formula is C18H22O10. The molecule has 0 spiro atoms. The van der Waals surface area contributed by atoms with E-state index in [1.807, 2.05) is 0 Å². The maximum Gasteiger partial charge on any atom is 0.303 e. The number of carbonyl (C=O) groups is 1. The first kappa shape index (κ1) is 20.4. The molecule has 10 nitrogen and oxygen atoms in total. The van der Waals surface area contributed by atoms with E-state index in [-0.39, 0.29) is 18.6 Å². The van der Waals surface area contributed by atoms with Gasteiger partial charge < -0.3 is 44.2 Å². The monoisotopic (exact) mass is 398 g/mol. The van der Waals surface area contributed by atoms with Crippen molar-refractivity contribution in [2.75, 3.05) is 13.7 Å². The van der Waals surface area contributed by atoms with E-state index < -0.39 is 43.3 Å². The molecule has 1 aromatic carbocycles. The smallest absolute Gasteiger partial charge is 0.303 e. The minimum Gasteiger partial charge on any atom is -0.496 e. The lowest BCUT2D eigenvalue weighted by molar-refractivity contribution is -0.277. The van der Waals surface area contributed by atoms with Gasteiger partial charge in [-0.2, -0.15) is 0 Å². The first-order valence-corrected chi connectivity index (χ1v) is 8.63. The van der Waals surface area contributed by atoms with Crippen LogP contribution >= 0.6 is 0 Å². The Kier molecular flexibility index (Phi) is 6.06. The van der Waals surface area contributed by atoms with Gasteiger partial charge >= 0.3 is 5.97 Å². The van der Waals surface area contributed by atoms with Gasteiger partial charge in [0.05, 0.1) is 25.4 Å². The van der Waals surface area contributed by atoms with Crippen molar-refractivity contribution in [1.29, 1.82) is 0 Å². The van der Waals surface area contributed by atoms with E-state index in [0.29, 0.717) is 22.3 Å². The van der Waals surface area contributed by atoms with Gasteiger partial charge in [0.2, 0.25) is 6.29 Å². The van der Waals surface area contributed by atoms with Crippen LogP contribution in [0.4, 0.5) is 0 Å². The van der Waals surface area contributed by atoms with Crippen molar-refractivity contribution < 1.29 is 49.0 Å². The normalized spacial score (nSPS) is 27.7. The number of aliphatic hydroxyl groups excluding tert-OH is 4. The average Bonchev–Trinajstić information content (AvgIpc) is 3.15. The Balaban J connectivity index is 2.01. The van der Waals surface area contributed by atoms with Crippen LogP contribution in [0.2, 0.25) is 0 Å². The van der Waals surface area contributed by atoms with Crippen molar-refractivity contribution in [3.05, 3.63) is 24.0 Å². The molecule has 1 aliphatic rings. The van der Waals surface area contributed by atoms with Gasteiger partial charge in [-0.1, -0.05) is 0 Å². The molecule has 28 heavy (non-hydrogen) atoms. The molecule has 2 aromatic rings. The summed E-state index contributed by atoms with van der Waals surface area (Å²) in [6.07, 6.45) is -6.05.